The van der Waals surface area contributed by atoms with Crippen LogP contribution in [0.1, 0.15) is 0 Å². The molecule has 0 saturated heterocycles. The Morgan fingerprint density at radius 2 is 2.23 bits per heavy atom. The number of hydrogen-bond donors (Lipinski definition) is 1. The summed E-state index contributed by atoms with van der Waals surface area (Å²) in [6.45, 7) is 0. The lowest BCUT2D eigenvalue weighted by Gasteiger charge is -2.04. The summed E-state index contributed by atoms with van der Waals surface area (Å²) < 4.78 is 0. The van der Waals surface area contributed by atoms with Gasteiger partial charge in [-0.25, -0.2) is 9.97 Å². The maximum absolute atomic E-state index is 5.66. The molecule has 1 aromatic heterocycles. The highest BCUT2D eigenvalue weighted by Crippen LogP contribution is 2.07. The first-order valence-electron chi connectivity index (χ1n) is 3.75. The minimum Gasteiger partial charge on any atom is -0.382 e. The molecule has 0 amide bonds. The standard InChI is InChI=1S/C8H11ClN4/c1-13(2)4-3-10-8-5-7(9)11-6-12-8/h3-6H,1-2H3,(H,10,11,12). The van der Waals surface area contributed by atoms with E-state index in [2.05, 4.69) is 15.3 Å². The van der Waals surface area contributed by atoms with Gasteiger partial charge in [-0.05, 0) is 0 Å². The summed E-state index contributed by atoms with van der Waals surface area (Å²) in [7, 11) is 3.87. The highest BCUT2D eigenvalue weighted by Gasteiger charge is 1.91. The third-order valence-corrected chi connectivity index (χ3v) is 1.44. The summed E-state index contributed by atoms with van der Waals surface area (Å²) in [5, 5.41) is 3.39. The molecule has 1 heterocycles. The first-order valence-corrected chi connectivity index (χ1v) is 4.13. The van der Waals surface area contributed by atoms with Crippen LogP contribution in [0.15, 0.2) is 24.8 Å². The number of halogens is 1. The molecule has 13 heavy (non-hydrogen) atoms. The highest BCUT2D eigenvalue weighted by molar-refractivity contribution is 6.29. The smallest absolute Gasteiger partial charge is 0.134 e. The van der Waals surface area contributed by atoms with Crippen molar-refractivity contribution in [3.8, 4) is 0 Å². The van der Waals surface area contributed by atoms with Gasteiger partial charge in [-0.1, -0.05) is 11.6 Å². The highest BCUT2D eigenvalue weighted by atomic mass is 35.5. The summed E-state index contributed by atoms with van der Waals surface area (Å²) >= 11 is 5.66. The van der Waals surface area contributed by atoms with Gasteiger partial charge in [-0.15, -0.1) is 0 Å². The van der Waals surface area contributed by atoms with E-state index in [1.165, 1.54) is 6.33 Å². The molecule has 0 fully saturated rings. The van der Waals surface area contributed by atoms with Crippen molar-refractivity contribution in [2.24, 2.45) is 0 Å². The van der Waals surface area contributed by atoms with Crippen molar-refractivity contribution in [3.63, 3.8) is 0 Å². The number of rotatable bonds is 3. The molecule has 4 nitrogen and oxygen atoms in total. The van der Waals surface area contributed by atoms with Crippen LogP contribution in [-0.4, -0.2) is 29.0 Å². The fourth-order valence-corrected chi connectivity index (χ4v) is 0.831. The molecular formula is C8H11ClN4. The molecule has 1 N–H and O–H groups in total. The fourth-order valence-electron chi connectivity index (χ4n) is 0.684. The molecule has 0 aromatic carbocycles. The van der Waals surface area contributed by atoms with Crippen molar-refractivity contribution < 1.29 is 0 Å². The number of hydrogen-bond acceptors (Lipinski definition) is 4. The SMILES string of the molecule is CN(C)C=CNc1cc(Cl)ncn1. The van der Waals surface area contributed by atoms with Gasteiger partial charge in [0.1, 0.15) is 17.3 Å². The Morgan fingerprint density at radius 1 is 1.46 bits per heavy atom. The number of nitrogens with zero attached hydrogens (tertiary/aromatic N) is 3. The maximum Gasteiger partial charge on any atom is 0.134 e. The van der Waals surface area contributed by atoms with Crippen molar-refractivity contribution in [2.75, 3.05) is 19.4 Å². The molecule has 0 atom stereocenters. The van der Waals surface area contributed by atoms with Crippen molar-refractivity contribution in [3.05, 3.63) is 29.9 Å². The van der Waals surface area contributed by atoms with Gasteiger partial charge in [-0.2, -0.15) is 0 Å². The monoisotopic (exact) mass is 198 g/mol. The molecule has 0 aliphatic carbocycles. The van der Waals surface area contributed by atoms with Crippen molar-refractivity contribution in [1.29, 1.82) is 0 Å². The number of anilines is 1. The molecule has 0 radical (unpaired) electrons. The Kier molecular flexibility index (Phi) is 3.52. The van der Waals surface area contributed by atoms with E-state index in [1.54, 1.807) is 12.3 Å². The predicted molar refractivity (Wildman–Crippen MR) is 53.5 cm³/mol. The lowest BCUT2D eigenvalue weighted by molar-refractivity contribution is 0.563. The Balaban J connectivity index is 2.55. The van der Waals surface area contributed by atoms with Gasteiger partial charge >= 0.3 is 0 Å². The Labute approximate surface area is 82.3 Å². The molecule has 0 unspecified atom stereocenters. The van der Waals surface area contributed by atoms with Gasteiger partial charge in [0.25, 0.3) is 0 Å². The summed E-state index contributed by atoms with van der Waals surface area (Å²) in [6, 6.07) is 1.65. The van der Waals surface area contributed by atoms with Gasteiger partial charge in [0.05, 0.1) is 0 Å². The van der Waals surface area contributed by atoms with Crippen molar-refractivity contribution in [2.45, 2.75) is 0 Å². The summed E-state index contributed by atoms with van der Waals surface area (Å²) in [4.78, 5) is 9.64. The predicted octanol–water partition coefficient (Wildman–Crippen LogP) is 1.57. The van der Waals surface area contributed by atoms with Crippen molar-refractivity contribution >= 4 is 17.4 Å². The van der Waals surface area contributed by atoms with Crippen LogP contribution in [0.2, 0.25) is 5.15 Å². The lowest BCUT2D eigenvalue weighted by Crippen LogP contribution is -2.02. The first-order chi connectivity index (χ1) is 6.18. The van der Waals surface area contributed by atoms with Crippen LogP contribution in [0.4, 0.5) is 5.82 Å². The minimum absolute atomic E-state index is 0.427. The second-order valence-electron chi connectivity index (χ2n) is 2.65. The molecule has 1 rings (SSSR count). The Bertz CT molecular complexity index is 298. The zero-order valence-corrected chi connectivity index (χ0v) is 8.28. The topological polar surface area (TPSA) is 41.0 Å². The van der Waals surface area contributed by atoms with Gasteiger partial charge < -0.3 is 10.2 Å². The third kappa shape index (κ3) is 3.75. The molecule has 70 valence electrons. The van der Waals surface area contributed by atoms with E-state index in [0.29, 0.717) is 11.0 Å². The molecule has 0 aliphatic heterocycles. The maximum atomic E-state index is 5.66. The zero-order valence-electron chi connectivity index (χ0n) is 7.53. The minimum atomic E-state index is 0.427. The summed E-state index contributed by atoms with van der Waals surface area (Å²) in [5.41, 5.74) is 0. The van der Waals surface area contributed by atoms with Gasteiger partial charge in [-0.3, -0.25) is 0 Å². The van der Waals surface area contributed by atoms with Gasteiger partial charge in [0.2, 0.25) is 0 Å². The quantitative estimate of drug-likeness (QED) is 0.749. The fraction of sp³-hybridized carbons (Fsp3) is 0.250. The lowest BCUT2D eigenvalue weighted by atomic mass is 10.6. The van der Waals surface area contributed by atoms with Crippen LogP contribution in [-0.2, 0) is 0 Å². The van der Waals surface area contributed by atoms with E-state index in [0.717, 1.165) is 0 Å². The zero-order chi connectivity index (χ0) is 9.68. The van der Waals surface area contributed by atoms with Crippen LogP contribution >= 0.6 is 11.6 Å². The second kappa shape index (κ2) is 4.67. The normalized spacial score (nSPS) is 10.4. The largest absolute Gasteiger partial charge is 0.382 e. The van der Waals surface area contributed by atoms with Crippen LogP contribution in [0, 0.1) is 0 Å². The van der Waals surface area contributed by atoms with Crippen LogP contribution in [0.25, 0.3) is 0 Å². The summed E-state index contributed by atoms with van der Waals surface area (Å²) in [5.74, 6) is 0.679. The Morgan fingerprint density at radius 3 is 2.85 bits per heavy atom. The Hall–Kier alpha value is -1.29. The van der Waals surface area contributed by atoms with E-state index in [4.69, 9.17) is 11.6 Å². The first kappa shape index (κ1) is 9.80. The molecule has 0 bridgehead atoms. The molecule has 0 spiro atoms. The molecule has 1 aromatic rings. The van der Waals surface area contributed by atoms with E-state index >= 15 is 0 Å². The number of aromatic nitrogens is 2. The third-order valence-electron chi connectivity index (χ3n) is 1.24. The average Bonchev–Trinajstić information content (AvgIpc) is 2.03. The summed E-state index contributed by atoms with van der Waals surface area (Å²) in [6.07, 6.45) is 5.06. The van der Waals surface area contributed by atoms with E-state index in [9.17, 15) is 0 Å². The second-order valence-corrected chi connectivity index (χ2v) is 3.04. The van der Waals surface area contributed by atoms with E-state index in [1.807, 2.05) is 25.2 Å². The molecule has 0 saturated carbocycles. The van der Waals surface area contributed by atoms with Gasteiger partial charge in [0.15, 0.2) is 0 Å². The average molecular weight is 199 g/mol. The molecule has 5 heteroatoms. The van der Waals surface area contributed by atoms with Crippen molar-refractivity contribution in [1.82, 2.24) is 14.9 Å². The number of nitrogens with one attached hydrogen (secondary N) is 1. The molecule has 0 aliphatic rings. The molecular weight excluding hydrogens is 188 g/mol. The van der Waals surface area contributed by atoms with Crippen LogP contribution in [0.3, 0.4) is 0 Å². The van der Waals surface area contributed by atoms with Crippen LogP contribution in [0.5, 0.6) is 0 Å². The van der Waals surface area contributed by atoms with Crippen LogP contribution < -0.4 is 5.32 Å². The van der Waals surface area contributed by atoms with E-state index in [-0.39, 0.29) is 0 Å². The van der Waals surface area contributed by atoms with E-state index < -0.39 is 0 Å². The van der Waals surface area contributed by atoms with Gasteiger partial charge in [0, 0.05) is 32.6 Å².